The quantitative estimate of drug-likeness (QED) is 0.646. The number of carbonyl (C=O) groups excluding carboxylic acids is 1. The fourth-order valence-corrected chi connectivity index (χ4v) is 4.32. The molecule has 0 bridgehead atoms. The molecule has 0 saturated carbocycles. The summed E-state index contributed by atoms with van der Waals surface area (Å²) in [6.45, 7) is 9.07. The number of rotatable bonds is 2. The molecular weight excluding hydrogens is 378 g/mol. The first kappa shape index (κ1) is 19.0. The van der Waals surface area contributed by atoms with Gasteiger partial charge in [0.15, 0.2) is 11.5 Å². The van der Waals surface area contributed by atoms with Crippen molar-refractivity contribution in [2.75, 3.05) is 44.7 Å². The van der Waals surface area contributed by atoms with Gasteiger partial charge in [-0.3, -0.25) is 9.78 Å². The SMILES string of the molecule is Cc1cnc2c(c1)CN(c1nn3cc(C(=O)N4CCN(C)CC4)nc3cc1C)CC2. The lowest BCUT2D eigenvalue weighted by Crippen LogP contribution is -2.47. The van der Waals surface area contributed by atoms with Gasteiger partial charge in [-0.25, -0.2) is 9.50 Å². The number of aryl methyl sites for hydroxylation is 2. The Morgan fingerprint density at radius 3 is 2.67 bits per heavy atom. The van der Waals surface area contributed by atoms with Crippen molar-refractivity contribution in [1.82, 2.24) is 29.4 Å². The van der Waals surface area contributed by atoms with Gasteiger partial charge in [0.1, 0.15) is 5.69 Å². The minimum absolute atomic E-state index is 0.0127. The number of amides is 1. The third kappa shape index (κ3) is 3.41. The Kier molecular flexibility index (Phi) is 4.66. The predicted molar refractivity (Wildman–Crippen MR) is 115 cm³/mol. The molecule has 8 heteroatoms. The highest BCUT2D eigenvalue weighted by molar-refractivity contribution is 5.93. The van der Waals surface area contributed by atoms with Crippen LogP contribution in [0.25, 0.3) is 5.65 Å². The molecule has 0 atom stereocenters. The molecular formula is C22H27N7O. The van der Waals surface area contributed by atoms with Gasteiger partial charge in [-0.1, -0.05) is 6.07 Å². The van der Waals surface area contributed by atoms with Gasteiger partial charge in [0.25, 0.3) is 5.91 Å². The lowest BCUT2D eigenvalue weighted by molar-refractivity contribution is 0.0659. The third-order valence-electron chi connectivity index (χ3n) is 6.10. The Morgan fingerprint density at radius 1 is 1.07 bits per heavy atom. The standard InChI is InChI=1S/C22H27N7O/c1-15-10-17-13-28(5-4-18(17)23-12-15)21-16(2)11-20-24-19(14-29(20)25-21)22(30)27-8-6-26(3)7-9-27/h10-12,14H,4-9,13H2,1-3H3. The number of fused-ring (bicyclic) bond motifs is 2. The molecule has 30 heavy (non-hydrogen) atoms. The maximum atomic E-state index is 12.9. The summed E-state index contributed by atoms with van der Waals surface area (Å²) in [4.78, 5) is 28.5. The molecule has 8 nitrogen and oxygen atoms in total. The Hall–Kier alpha value is -3.00. The van der Waals surface area contributed by atoms with Crippen LogP contribution in [0.2, 0.25) is 0 Å². The van der Waals surface area contributed by atoms with Crippen LogP contribution in [0.3, 0.4) is 0 Å². The number of aromatic nitrogens is 4. The van der Waals surface area contributed by atoms with Crippen LogP contribution >= 0.6 is 0 Å². The summed E-state index contributed by atoms with van der Waals surface area (Å²) in [6, 6.07) is 4.24. The number of nitrogens with zero attached hydrogens (tertiary/aromatic N) is 7. The topological polar surface area (TPSA) is 69.9 Å². The molecule has 0 N–H and O–H groups in total. The zero-order valence-corrected chi connectivity index (χ0v) is 17.8. The molecule has 3 aromatic rings. The molecule has 0 unspecified atom stereocenters. The van der Waals surface area contributed by atoms with Gasteiger partial charge < -0.3 is 14.7 Å². The Balaban J connectivity index is 1.42. The van der Waals surface area contributed by atoms with Crippen molar-refractivity contribution in [3.8, 4) is 0 Å². The second kappa shape index (κ2) is 7.36. The van der Waals surface area contributed by atoms with Gasteiger partial charge in [-0.2, -0.15) is 0 Å². The van der Waals surface area contributed by atoms with E-state index in [1.807, 2.05) is 17.2 Å². The van der Waals surface area contributed by atoms with Crippen molar-refractivity contribution in [2.45, 2.75) is 26.8 Å². The van der Waals surface area contributed by atoms with E-state index >= 15 is 0 Å². The molecule has 156 valence electrons. The summed E-state index contributed by atoms with van der Waals surface area (Å²) in [5, 5.41) is 4.83. The monoisotopic (exact) mass is 405 g/mol. The van der Waals surface area contributed by atoms with Crippen LogP contribution in [0.4, 0.5) is 5.82 Å². The molecule has 0 aliphatic carbocycles. The fourth-order valence-electron chi connectivity index (χ4n) is 4.32. The van der Waals surface area contributed by atoms with E-state index in [9.17, 15) is 4.79 Å². The van der Waals surface area contributed by atoms with Crippen LogP contribution in [0.1, 0.15) is 32.9 Å². The van der Waals surface area contributed by atoms with Crippen LogP contribution in [0.5, 0.6) is 0 Å². The van der Waals surface area contributed by atoms with Crippen LogP contribution < -0.4 is 4.90 Å². The van der Waals surface area contributed by atoms with Gasteiger partial charge in [-0.05, 0) is 43.7 Å². The highest BCUT2D eigenvalue weighted by atomic mass is 16.2. The Bertz CT molecular complexity index is 1110. The highest BCUT2D eigenvalue weighted by Crippen LogP contribution is 2.26. The number of likely N-dealkylation sites (N-methyl/N-ethyl adjacent to an activating group) is 1. The third-order valence-corrected chi connectivity index (χ3v) is 6.10. The molecule has 2 aliphatic heterocycles. The molecule has 3 aromatic heterocycles. The van der Waals surface area contributed by atoms with Crippen molar-refractivity contribution < 1.29 is 4.79 Å². The lowest BCUT2D eigenvalue weighted by Gasteiger charge is -2.31. The van der Waals surface area contributed by atoms with Crippen molar-refractivity contribution in [3.05, 3.63) is 52.6 Å². The van der Waals surface area contributed by atoms with Crippen molar-refractivity contribution in [1.29, 1.82) is 0 Å². The zero-order chi connectivity index (χ0) is 20.8. The summed E-state index contributed by atoms with van der Waals surface area (Å²) in [7, 11) is 2.08. The first-order valence-electron chi connectivity index (χ1n) is 10.5. The minimum Gasteiger partial charge on any atom is -0.350 e. The maximum absolute atomic E-state index is 12.9. The van der Waals surface area contributed by atoms with Gasteiger partial charge >= 0.3 is 0 Å². The number of hydrogen-bond acceptors (Lipinski definition) is 6. The summed E-state index contributed by atoms with van der Waals surface area (Å²) in [5.74, 6) is 0.923. The van der Waals surface area contributed by atoms with E-state index in [1.165, 1.54) is 16.8 Å². The normalized spacial score (nSPS) is 17.4. The average molecular weight is 406 g/mol. The summed E-state index contributed by atoms with van der Waals surface area (Å²) in [5.41, 5.74) is 5.86. The van der Waals surface area contributed by atoms with Crippen molar-refractivity contribution in [3.63, 3.8) is 0 Å². The minimum atomic E-state index is -0.0127. The summed E-state index contributed by atoms with van der Waals surface area (Å²) in [6.07, 6.45) is 4.61. The molecule has 1 fully saturated rings. The van der Waals surface area contributed by atoms with E-state index in [1.54, 1.807) is 10.7 Å². The lowest BCUT2D eigenvalue weighted by atomic mass is 10.0. The van der Waals surface area contributed by atoms with Crippen molar-refractivity contribution >= 4 is 17.4 Å². The number of hydrogen-bond donors (Lipinski definition) is 0. The average Bonchev–Trinajstić information content (AvgIpc) is 3.15. The van der Waals surface area contributed by atoms with Crippen LogP contribution in [0, 0.1) is 13.8 Å². The smallest absolute Gasteiger partial charge is 0.274 e. The molecule has 5 heterocycles. The number of pyridine rings is 1. The first-order chi connectivity index (χ1) is 14.5. The molecule has 0 spiro atoms. The molecule has 1 saturated heterocycles. The van der Waals surface area contributed by atoms with Crippen LogP contribution in [-0.4, -0.2) is 75.1 Å². The molecule has 2 aliphatic rings. The number of imidazole rings is 1. The number of carbonyl (C=O) groups is 1. The maximum Gasteiger partial charge on any atom is 0.274 e. The number of piperazine rings is 1. The molecule has 0 radical (unpaired) electrons. The first-order valence-corrected chi connectivity index (χ1v) is 10.5. The van der Waals surface area contributed by atoms with Crippen molar-refractivity contribution in [2.24, 2.45) is 0 Å². The molecule has 1 amide bonds. The van der Waals surface area contributed by atoms with E-state index < -0.39 is 0 Å². The van der Waals surface area contributed by atoms with Gasteiger partial charge in [0, 0.05) is 57.6 Å². The van der Waals surface area contributed by atoms with Crippen LogP contribution in [-0.2, 0) is 13.0 Å². The molecule has 0 aromatic carbocycles. The second-order valence-corrected chi connectivity index (χ2v) is 8.47. The Morgan fingerprint density at radius 2 is 1.87 bits per heavy atom. The zero-order valence-electron chi connectivity index (χ0n) is 17.8. The van der Waals surface area contributed by atoms with E-state index in [0.717, 1.165) is 57.1 Å². The van der Waals surface area contributed by atoms with E-state index in [2.05, 4.69) is 46.7 Å². The fraction of sp³-hybridized carbons (Fsp3) is 0.455. The van der Waals surface area contributed by atoms with Crippen LogP contribution in [0.15, 0.2) is 24.5 Å². The van der Waals surface area contributed by atoms with E-state index in [4.69, 9.17) is 5.10 Å². The summed E-state index contributed by atoms with van der Waals surface area (Å²) >= 11 is 0. The van der Waals surface area contributed by atoms with E-state index in [0.29, 0.717) is 11.3 Å². The Labute approximate surface area is 176 Å². The number of anilines is 1. The molecule has 5 rings (SSSR count). The summed E-state index contributed by atoms with van der Waals surface area (Å²) < 4.78 is 1.75. The van der Waals surface area contributed by atoms with E-state index in [-0.39, 0.29) is 5.91 Å². The predicted octanol–water partition coefficient (Wildman–Crippen LogP) is 1.69. The van der Waals surface area contributed by atoms with Gasteiger partial charge in [0.2, 0.25) is 0 Å². The van der Waals surface area contributed by atoms with Gasteiger partial charge in [0.05, 0.1) is 6.20 Å². The highest BCUT2D eigenvalue weighted by Gasteiger charge is 2.24. The largest absolute Gasteiger partial charge is 0.350 e. The van der Waals surface area contributed by atoms with Gasteiger partial charge in [-0.15, -0.1) is 5.10 Å². The second-order valence-electron chi connectivity index (χ2n) is 8.47.